The highest BCUT2D eigenvalue weighted by molar-refractivity contribution is 9.10. The molecule has 0 aliphatic heterocycles. The van der Waals surface area contributed by atoms with Crippen molar-refractivity contribution in [3.05, 3.63) is 34.3 Å². The van der Waals surface area contributed by atoms with Crippen molar-refractivity contribution >= 4 is 15.9 Å². The summed E-state index contributed by atoms with van der Waals surface area (Å²) in [6, 6.07) is 6.94. The van der Waals surface area contributed by atoms with Crippen LogP contribution in [0.1, 0.15) is 12.0 Å². The van der Waals surface area contributed by atoms with Gasteiger partial charge in [-0.2, -0.15) is 0 Å². The SMILES string of the molecule is NCC1(c2ccc(Br)cc2)CC1(F)F. The maximum atomic E-state index is 13.1. The Balaban J connectivity index is 2.36. The van der Waals surface area contributed by atoms with Gasteiger partial charge in [0.1, 0.15) is 0 Å². The van der Waals surface area contributed by atoms with Crippen LogP contribution < -0.4 is 5.73 Å². The predicted octanol–water partition coefficient (Wildman–Crippen LogP) is 2.68. The molecule has 0 radical (unpaired) electrons. The minimum absolute atomic E-state index is 0.00162. The molecule has 1 aromatic carbocycles. The smallest absolute Gasteiger partial charge is 0.260 e. The number of rotatable bonds is 2. The van der Waals surface area contributed by atoms with Crippen LogP contribution in [0.3, 0.4) is 0 Å². The Morgan fingerprint density at radius 1 is 1.29 bits per heavy atom. The second-order valence-electron chi connectivity index (χ2n) is 3.67. The minimum Gasteiger partial charge on any atom is -0.329 e. The van der Waals surface area contributed by atoms with E-state index < -0.39 is 11.3 Å². The molecule has 2 N–H and O–H groups in total. The molecule has 1 saturated carbocycles. The van der Waals surface area contributed by atoms with Crippen LogP contribution in [0.15, 0.2) is 28.7 Å². The van der Waals surface area contributed by atoms with Gasteiger partial charge in [0, 0.05) is 17.4 Å². The molecule has 1 fully saturated rings. The van der Waals surface area contributed by atoms with Gasteiger partial charge >= 0.3 is 0 Å². The molecule has 1 aliphatic rings. The summed E-state index contributed by atoms with van der Waals surface area (Å²) in [6.07, 6.45) is -0.127. The van der Waals surface area contributed by atoms with E-state index in [9.17, 15) is 8.78 Å². The van der Waals surface area contributed by atoms with E-state index in [1.54, 1.807) is 24.3 Å². The van der Waals surface area contributed by atoms with Gasteiger partial charge in [-0.05, 0) is 17.7 Å². The van der Waals surface area contributed by atoms with E-state index in [1.807, 2.05) is 0 Å². The fraction of sp³-hybridized carbons (Fsp3) is 0.400. The third-order valence-corrected chi connectivity index (χ3v) is 3.37. The van der Waals surface area contributed by atoms with Crippen molar-refractivity contribution in [2.24, 2.45) is 5.73 Å². The van der Waals surface area contributed by atoms with Gasteiger partial charge < -0.3 is 5.73 Å². The summed E-state index contributed by atoms with van der Waals surface area (Å²) in [5.74, 6) is -2.63. The average molecular weight is 262 g/mol. The van der Waals surface area contributed by atoms with Crippen LogP contribution in [-0.2, 0) is 5.41 Å². The lowest BCUT2D eigenvalue weighted by Crippen LogP contribution is -2.26. The molecule has 2 rings (SSSR count). The normalized spacial score (nSPS) is 28.9. The summed E-state index contributed by atoms with van der Waals surface area (Å²) in [4.78, 5) is 0. The molecule has 76 valence electrons. The highest BCUT2D eigenvalue weighted by atomic mass is 79.9. The lowest BCUT2D eigenvalue weighted by Gasteiger charge is -2.14. The Kier molecular flexibility index (Phi) is 2.16. The number of halogens is 3. The first-order valence-electron chi connectivity index (χ1n) is 4.36. The van der Waals surface area contributed by atoms with E-state index >= 15 is 0 Å². The lowest BCUT2D eigenvalue weighted by molar-refractivity contribution is 0.0896. The Morgan fingerprint density at radius 3 is 2.14 bits per heavy atom. The maximum absolute atomic E-state index is 13.1. The van der Waals surface area contributed by atoms with Gasteiger partial charge in [-0.25, -0.2) is 8.78 Å². The van der Waals surface area contributed by atoms with E-state index in [-0.39, 0.29) is 13.0 Å². The second kappa shape index (κ2) is 3.00. The summed E-state index contributed by atoms with van der Waals surface area (Å²) in [5, 5.41) is 0. The van der Waals surface area contributed by atoms with Crippen molar-refractivity contribution in [2.45, 2.75) is 17.8 Å². The van der Waals surface area contributed by atoms with Gasteiger partial charge in [0.2, 0.25) is 0 Å². The summed E-state index contributed by atoms with van der Waals surface area (Å²) in [7, 11) is 0. The monoisotopic (exact) mass is 261 g/mol. The number of benzene rings is 1. The quantitative estimate of drug-likeness (QED) is 0.871. The van der Waals surface area contributed by atoms with Gasteiger partial charge in [0.05, 0.1) is 5.41 Å². The summed E-state index contributed by atoms with van der Waals surface area (Å²) >= 11 is 3.26. The van der Waals surface area contributed by atoms with Crippen LogP contribution in [0, 0.1) is 0 Å². The lowest BCUT2D eigenvalue weighted by atomic mass is 9.95. The van der Waals surface area contributed by atoms with Crippen LogP contribution >= 0.6 is 15.9 Å². The molecule has 0 spiro atoms. The highest BCUT2D eigenvalue weighted by Crippen LogP contribution is 2.60. The third-order valence-electron chi connectivity index (χ3n) is 2.84. The van der Waals surface area contributed by atoms with E-state index in [0.717, 1.165) is 4.47 Å². The Hall–Kier alpha value is -0.480. The molecule has 4 heteroatoms. The molecule has 0 amide bonds. The summed E-state index contributed by atoms with van der Waals surface area (Å²) < 4.78 is 27.2. The molecule has 1 unspecified atom stereocenters. The Morgan fingerprint density at radius 2 is 1.79 bits per heavy atom. The van der Waals surface area contributed by atoms with Crippen molar-refractivity contribution in [1.82, 2.24) is 0 Å². The van der Waals surface area contributed by atoms with Gasteiger partial charge in [-0.1, -0.05) is 28.1 Å². The highest BCUT2D eigenvalue weighted by Gasteiger charge is 2.70. The fourth-order valence-electron chi connectivity index (χ4n) is 1.76. The molecule has 1 nitrogen and oxygen atoms in total. The molecule has 0 aromatic heterocycles. The second-order valence-corrected chi connectivity index (χ2v) is 4.59. The fourth-order valence-corrected chi connectivity index (χ4v) is 2.02. The molecule has 0 saturated heterocycles. The van der Waals surface area contributed by atoms with Crippen molar-refractivity contribution in [2.75, 3.05) is 6.54 Å². The average Bonchev–Trinajstić information content (AvgIpc) is 2.71. The molecular weight excluding hydrogens is 252 g/mol. The summed E-state index contributed by atoms with van der Waals surface area (Å²) in [5.41, 5.74) is 4.95. The van der Waals surface area contributed by atoms with Crippen molar-refractivity contribution in [3.8, 4) is 0 Å². The Labute approximate surface area is 89.4 Å². The van der Waals surface area contributed by atoms with Gasteiger partial charge in [0.25, 0.3) is 5.92 Å². The predicted molar refractivity (Wildman–Crippen MR) is 54.4 cm³/mol. The first-order chi connectivity index (χ1) is 6.52. The van der Waals surface area contributed by atoms with E-state index in [0.29, 0.717) is 5.56 Å². The van der Waals surface area contributed by atoms with Crippen LogP contribution in [0.2, 0.25) is 0 Å². The molecule has 1 aromatic rings. The number of nitrogens with two attached hydrogens (primary N) is 1. The first-order valence-corrected chi connectivity index (χ1v) is 5.15. The van der Waals surface area contributed by atoms with E-state index in [2.05, 4.69) is 15.9 Å². The van der Waals surface area contributed by atoms with Crippen molar-refractivity contribution < 1.29 is 8.78 Å². The summed E-state index contributed by atoms with van der Waals surface area (Å²) in [6.45, 7) is 0.00162. The zero-order chi connectivity index (χ0) is 10.4. The van der Waals surface area contributed by atoms with Crippen molar-refractivity contribution in [3.63, 3.8) is 0 Å². The van der Waals surface area contributed by atoms with E-state index in [1.165, 1.54) is 0 Å². The molecule has 1 atom stereocenters. The number of hydrogen-bond donors (Lipinski definition) is 1. The maximum Gasteiger partial charge on any atom is 0.260 e. The topological polar surface area (TPSA) is 26.0 Å². The molecule has 1 aliphatic carbocycles. The third kappa shape index (κ3) is 1.28. The standard InChI is InChI=1S/C10H10BrF2N/c11-8-3-1-7(2-4-8)9(6-14)5-10(9,12)13/h1-4H,5-6,14H2. The van der Waals surface area contributed by atoms with Crippen LogP contribution in [0.4, 0.5) is 8.78 Å². The minimum atomic E-state index is -2.63. The van der Waals surface area contributed by atoms with Gasteiger partial charge in [-0.3, -0.25) is 0 Å². The zero-order valence-electron chi connectivity index (χ0n) is 7.43. The van der Waals surface area contributed by atoms with Crippen LogP contribution in [0.5, 0.6) is 0 Å². The molecule has 0 heterocycles. The largest absolute Gasteiger partial charge is 0.329 e. The van der Waals surface area contributed by atoms with Crippen LogP contribution in [0.25, 0.3) is 0 Å². The molecule has 0 bridgehead atoms. The molecule has 14 heavy (non-hydrogen) atoms. The first kappa shape index (κ1) is 10.1. The van der Waals surface area contributed by atoms with Crippen molar-refractivity contribution in [1.29, 1.82) is 0 Å². The van der Waals surface area contributed by atoms with Gasteiger partial charge in [-0.15, -0.1) is 0 Å². The van der Waals surface area contributed by atoms with Gasteiger partial charge in [0.15, 0.2) is 0 Å². The van der Waals surface area contributed by atoms with Crippen LogP contribution in [-0.4, -0.2) is 12.5 Å². The number of hydrogen-bond acceptors (Lipinski definition) is 1. The molecular formula is C10H10BrF2N. The van der Waals surface area contributed by atoms with E-state index in [4.69, 9.17) is 5.73 Å². The zero-order valence-corrected chi connectivity index (χ0v) is 9.02. The number of alkyl halides is 2. The Bertz CT molecular complexity index is 350.